The number of hydrogen-bond acceptors (Lipinski definition) is 4. The topological polar surface area (TPSA) is 117 Å². The van der Waals surface area contributed by atoms with Gasteiger partial charge >= 0.3 is 16.5 Å². The number of hydrogen-bond donors (Lipinski definition) is 1. The molecule has 7 heavy (non-hydrogen) atoms. The van der Waals surface area contributed by atoms with Gasteiger partial charge in [-0.1, -0.05) is 0 Å². The average molecular weight is 173 g/mol. The zero-order valence-corrected chi connectivity index (χ0v) is 5.16. The van der Waals surface area contributed by atoms with Crippen LogP contribution in [0.4, 0.5) is 0 Å². The zero-order chi connectivity index (χ0) is 4.50. The molecule has 0 aromatic heterocycles. The Labute approximate surface area is 51.2 Å². The van der Waals surface area contributed by atoms with Gasteiger partial charge in [0.25, 0.3) is 0 Å². The molecular formula is H4NNiO4S. The minimum Gasteiger partial charge on any atom is -0.759 e. The fourth-order valence-electron chi connectivity index (χ4n) is 0. The maximum atomic E-state index is 8.52. The van der Waals surface area contributed by atoms with E-state index in [4.69, 9.17) is 17.5 Å². The summed E-state index contributed by atoms with van der Waals surface area (Å²) in [6.07, 6.45) is 0. The van der Waals surface area contributed by atoms with Crippen LogP contribution in [0.5, 0.6) is 0 Å². The summed E-state index contributed by atoms with van der Waals surface area (Å²) in [5, 5.41) is 0. The summed E-state index contributed by atoms with van der Waals surface area (Å²) in [7, 11) is -5.17. The summed E-state index contributed by atoms with van der Waals surface area (Å²) in [5.74, 6) is 0. The predicted molar refractivity (Wildman–Crippen MR) is 16.5 cm³/mol. The summed E-state index contributed by atoms with van der Waals surface area (Å²) >= 11 is 0. The van der Waals surface area contributed by atoms with E-state index in [1.165, 1.54) is 0 Å². The molecule has 0 atom stereocenters. The summed E-state index contributed by atoms with van der Waals surface area (Å²) in [6, 6.07) is 0. The predicted octanol–water partition coefficient (Wildman–Crippen LogP) is -0.964. The molecule has 7 heteroatoms. The van der Waals surface area contributed by atoms with Gasteiger partial charge in [0.05, 0.1) is 0 Å². The molecule has 0 spiro atoms. The molecule has 0 bridgehead atoms. The molecule has 0 aliphatic rings. The van der Waals surface area contributed by atoms with Crippen molar-refractivity contribution < 1.29 is 34.0 Å². The van der Waals surface area contributed by atoms with Crippen LogP contribution in [0.2, 0.25) is 0 Å². The largest absolute Gasteiger partial charge is 1.00 e. The van der Waals surface area contributed by atoms with Gasteiger partial charge in [-0.25, -0.2) is 0 Å². The Bertz CT molecular complexity index is 94.9. The molecule has 5 nitrogen and oxygen atoms in total. The van der Waals surface area contributed by atoms with Gasteiger partial charge < -0.3 is 15.3 Å². The zero-order valence-electron chi connectivity index (χ0n) is 3.36. The Morgan fingerprint density at radius 2 is 1.14 bits per heavy atom. The van der Waals surface area contributed by atoms with Crippen LogP contribution in [-0.4, -0.2) is 17.5 Å². The van der Waals surface area contributed by atoms with Crippen LogP contribution < -0.4 is 6.15 Å². The first-order chi connectivity index (χ1) is 2.00. The SMILES string of the molecule is O=S(=O)([O-])[O-].[NH4+].[Ni+]. The van der Waals surface area contributed by atoms with E-state index in [1.807, 2.05) is 0 Å². The molecule has 0 aliphatic heterocycles. The molecule has 49 valence electrons. The van der Waals surface area contributed by atoms with Gasteiger partial charge in [-0.05, 0) is 0 Å². The molecule has 0 aromatic carbocycles. The van der Waals surface area contributed by atoms with E-state index >= 15 is 0 Å². The maximum absolute atomic E-state index is 8.52. The van der Waals surface area contributed by atoms with Crippen LogP contribution in [0.25, 0.3) is 0 Å². The van der Waals surface area contributed by atoms with Crippen LogP contribution in [0, 0.1) is 0 Å². The monoisotopic (exact) mass is 172 g/mol. The van der Waals surface area contributed by atoms with E-state index in [0.29, 0.717) is 0 Å². The van der Waals surface area contributed by atoms with Gasteiger partial charge in [0.2, 0.25) is 0 Å². The van der Waals surface area contributed by atoms with E-state index in [-0.39, 0.29) is 22.6 Å². The van der Waals surface area contributed by atoms with Crippen molar-refractivity contribution in [2.75, 3.05) is 0 Å². The number of quaternary nitrogens is 1. The summed E-state index contributed by atoms with van der Waals surface area (Å²) in [5.41, 5.74) is 0. The molecule has 0 aliphatic carbocycles. The summed E-state index contributed by atoms with van der Waals surface area (Å²) < 4.78 is 34.1. The first-order valence-electron chi connectivity index (χ1n) is 0.667. The Kier molecular flexibility index (Phi) is 10.0. The molecule has 0 heterocycles. The van der Waals surface area contributed by atoms with Crippen molar-refractivity contribution in [1.29, 1.82) is 0 Å². The molecule has 0 saturated heterocycles. The molecule has 0 saturated carbocycles. The molecular weight excluding hydrogens is 169 g/mol. The van der Waals surface area contributed by atoms with Gasteiger partial charge in [-0.3, -0.25) is 8.42 Å². The van der Waals surface area contributed by atoms with Crippen LogP contribution in [-0.2, 0) is 26.9 Å². The first kappa shape index (κ1) is 15.7. The van der Waals surface area contributed by atoms with E-state index < -0.39 is 10.4 Å². The quantitative estimate of drug-likeness (QED) is 0.288. The van der Waals surface area contributed by atoms with E-state index in [0.717, 1.165) is 0 Å². The third-order valence-corrected chi connectivity index (χ3v) is 0. The molecule has 0 amide bonds. The van der Waals surface area contributed by atoms with Crippen molar-refractivity contribution in [3.8, 4) is 0 Å². The van der Waals surface area contributed by atoms with Gasteiger partial charge in [-0.15, -0.1) is 0 Å². The Morgan fingerprint density at radius 3 is 1.14 bits per heavy atom. The van der Waals surface area contributed by atoms with Crippen molar-refractivity contribution in [2.45, 2.75) is 0 Å². The maximum Gasteiger partial charge on any atom is 1.00 e. The van der Waals surface area contributed by atoms with Crippen molar-refractivity contribution in [1.82, 2.24) is 6.15 Å². The normalized spacial score (nSPS) is 8.29. The fraction of sp³-hybridized carbons (Fsp3) is 0. The molecule has 0 fully saturated rings. The second kappa shape index (κ2) is 4.48. The molecule has 0 unspecified atom stereocenters. The van der Waals surface area contributed by atoms with Crippen LogP contribution >= 0.6 is 0 Å². The van der Waals surface area contributed by atoms with Crippen molar-refractivity contribution in [3.63, 3.8) is 0 Å². The molecule has 0 rings (SSSR count). The van der Waals surface area contributed by atoms with Crippen LogP contribution in [0.1, 0.15) is 0 Å². The van der Waals surface area contributed by atoms with Crippen LogP contribution in [0.15, 0.2) is 0 Å². The van der Waals surface area contributed by atoms with E-state index in [9.17, 15) is 0 Å². The van der Waals surface area contributed by atoms with Crippen molar-refractivity contribution >= 4 is 10.4 Å². The number of rotatable bonds is 0. The minimum atomic E-state index is -5.17. The van der Waals surface area contributed by atoms with Crippen molar-refractivity contribution in [2.24, 2.45) is 0 Å². The fourth-order valence-corrected chi connectivity index (χ4v) is 0. The standard InChI is InChI=1S/H3N.Ni.H2O4S/c;;1-5(2,3)4/h1H3;;(H2,1,2,3,4)/q;+1;/p-1. The third-order valence-electron chi connectivity index (χ3n) is 0. The average Bonchev–Trinajstić information content (AvgIpc) is 0.722. The second-order valence-electron chi connectivity index (χ2n) is 0.408. The van der Waals surface area contributed by atoms with Crippen LogP contribution in [0.3, 0.4) is 0 Å². The van der Waals surface area contributed by atoms with E-state index in [2.05, 4.69) is 0 Å². The van der Waals surface area contributed by atoms with Gasteiger partial charge in [0.1, 0.15) is 0 Å². The van der Waals surface area contributed by atoms with Crippen molar-refractivity contribution in [3.05, 3.63) is 0 Å². The summed E-state index contributed by atoms with van der Waals surface area (Å²) in [4.78, 5) is 0. The van der Waals surface area contributed by atoms with Gasteiger partial charge in [-0.2, -0.15) is 0 Å². The minimum absolute atomic E-state index is 0. The Hall–Kier alpha value is 0.324. The molecule has 0 aromatic rings. The molecule has 1 radical (unpaired) electrons. The third kappa shape index (κ3) is 1130. The first-order valence-corrected chi connectivity index (χ1v) is 2.00. The second-order valence-corrected chi connectivity index (χ2v) is 1.22. The Balaban J connectivity index is -0.0000000800. The van der Waals surface area contributed by atoms with Gasteiger partial charge in [0, 0.05) is 10.4 Å². The smallest absolute Gasteiger partial charge is 0.759 e. The van der Waals surface area contributed by atoms with E-state index in [1.54, 1.807) is 0 Å². The molecule has 4 N–H and O–H groups in total. The van der Waals surface area contributed by atoms with Gasteiger partial charge in [0.15, 0.2) is 0 Å². The summed E-state index contributed by atoms with van der Waals surface area (Å²) in [6.45, 7) is 0. The Morgan fingerprint density at radius 1 is 1.14 bits per heavy atom.